The van der Waals surface area contributed by atoms with Gasteiger partial charge in [0.05, 0.1) is 0 Å². The number of hydrogen-bond acceptors (Lipinski definition) is 5. The first-order chi connectivity index (χ1) is 12.3. The average molecular weight is 379 g/mol. The normalized spacial score (nSPS) is 28.1. The minimum absolute atomic E-state index is 0.158. The van der Waals surface area contributed by atoms with Crippen LogP contribution in [0.1, 0.15) is 58.4 Å². The predicted molar refractivity (Wildman–Crippen MR) is 101 cm³/mol. The van der Waals surface area contributed by atoms with Crippen molar-refractivity contribution >= 4 is 23.5 Å². The number of ether oxygens (including phenoxy) is 1. The smallest absolute Gasteiger partial charge is 0.410 e. The summed E-state index contributed by atoms with van der Waals surface area (Å²) >= 11 is 6.02. The summed E-state index contributed by atoms with van der Waals surface area (Å²) in [6.07, 6.45) is 6.02. The standard InChI is InChI=1S/C19H27ClN4O2/c1-19(2,3)26-18(25)24-13-6-7-14(24)11-15(10-13)23-8-4-5-12-9-16(20)21-22-17(12)23/h9,13-15H,4-8,10-11H2,1-3H3/t13-,14+,15?. The van der Waals surface area contributed by atoms with Crippen molar-refractivity contribution in [3.63, 3.8) is 0 Å². The number of carbonyl (C=O) groups is 1. The summed E-state index contributed by atoms with van der Waals surface area (Å²) in [5.74, 6) is 0.982. The fourth-order valence-electron chi connectivity index (χ4n) is 4.74. The average Bonchev–Trinajstić information content (AvgIpc) is 2.83. The summed E-state index contributed by atoms with van der Waals surface area (Å²) in [5.41, 5.74) is 0.742. The quantitative estimate of drug-likeness (QED) is 0.743. The maximum atomic E-state index is 12.6. The molecule has 2 fully saturated rings. The molecule has 7 heteroatoms. The minimum Gasteiger partial charge on any atom is -0.444 e. The molecule has 26 heavy (non-hydrogen) atoms. The van der Waals surface area contributed by atoms with Gasteiger partial charge in [0.15, 0.2) is 11.0 Å². The summed E-state index contributed by atoms with van der Waals surface area (Å²) in [7, 11) is 0. The second-order valence-corrected chi connectivity index (χ2v) is 9.10. The number of aryl methyl sites for hydroxylation is 1. The van der Waals surface area contributed by atoms with Crippen molar-refractivity contribution in [3.8, 4) is 0 Å². The van der Waals surface area contributed by atoms with Gasteiger partial charge >= 0.3 is 6.09 Å². The number of nitrogens with zero attached hydrogens (tertiary/aromatic N) is 4. The number of aromatic nitrogens is 2. The van der Waals surface area contributed by atoms with Gasteiger partial charge in [-0.25, -0.2) is 4.79 Å². The summed E-state index contributed by atoms with van der Waals surface area (Å²) in [6, 6.07) is 2.87. The Morgan fingerprint density at radius 2 is 1.88 bits per heavy atom. The molecule has 0 spiro atoms. The molecule has 6 nitrogen and oxygen atoms in total. The molecule has 0 radical (unpaired) electrons. The molecule has 2 bridgehead atoms. The number of rotatable bonds is 1. The van der Waals surface area contributed by atoms with E-state index in [9.17, 15) is 4.79 Å². The molecule has 0 aliphatic carbocycles. The van der Waals surface area contributed by atoms with Crippen LogP contribution in [0.5, 0.6) is 0 Å². The highest BCUT2D eigenvalue weighted by atomic mass is 35.5. The molecule has 142 valence electrons. The van der Waals surface area contributed by atoms with E-state index in [0.717, 1.165) is 50.9 Å². The van der Waals surface area contributed by atoms with Crippen LogP contribution in [0.2, 0.25) is 5.15 Å². The Labute approximate surface area is 159 Å². The van der Waals surface area contributed by atoms with Crippen LogP contribution < -0.4 is 4.90 Å². The van der Waals surface area contributed by atoms with Crippen LogP contribution in [0.25, 0.3) is 0 Å². The van der Waals surface area contributed by atoms with Crippen LogP contribution in [0.15, 0.2) is 6.07 Å². The zero-order valence-corrected chi connectivity index (χ0v) is 16.5. The van der Waals surface area contributed by atoms with Gasteiger partial charge in [-0.05, 0) is 70.9 Å². The van der Waals surface area contributed by atoms with E-state index in [-0.39, 0.29) is 18.2 Å². The molecule has 1 amide bonds. The summed E-state index contributed by atoms with van der Waals surface area (Å²) in [6.45, 7) is 6.77. The first-order valence-electron chi connectivity index (χ1n) is 9.62. The molecular weight excluding hydrogens is 352 g/mol. The molecule has 1 aromatic rings. The van der Waals surface area contributed by atoms with E-state index in [0.29, 0.717) is 11.2 Å². The predicted octanol–water partition coefficient (Wildman–Crippen LogP) is 3.81. The fraction of sp³-hybridized carbons (Fsp3) is 0.737. The zero-order valence-electron chi connectivity index (χ0n) is 15.7. The summed E-state index contributed by atoms with van der Waals surface area (Å²) in [4.78, 5) is 17.0. The van der Waals surface area contributed by atoms with Gasteiger partial charge in [0.2, 0.25) is 0 Å². The molecule has 4 heterocycles. The number of hydrogen-bond donors (Lipinski definition) is 0. The van der Waals surface area contributed by atoms with E-state index in [4.69, 9.17) is 16.3 Å². The lowest BCUT2D eigenvalue weighted by atomic mass is 9.94. The molecule has 4 rings (SSSR count). The fourth-order valence-corrected chi connectivity index (χ4v) is 4.91. The van der Waals surface area contributed by atoms with Gasteiger partial charge in [0, 0.05) is 24.7 Å². The Bertz CT molecular complexity index is 691. The second kappa shape index (κ2) is 6.55. The van der Waals surface area contributed by atoms with Gasteiger partial charge in [-0.3, -0.25) is 0 Å². The van der Waals surface area contributed by atoms with Crippen LogP contribution >= 0.6 is 11.6 Å². The largest absolute Gasteiger partial charge is 0.444 e. The maximum absolute atomic E-state index is 12.6. The molecule has 0 saturated carbocycles. The summed E-state index contributed by atoms with van der Waals surface area (Å²) in [5, 5.41) is 8.91. The third-order valence-corrected chi connectivity index (χ3v) is 5.88. The Morgan fingerprint density at radius 3 is 2.54 bits per heavy atom. The summed E-state index contributed by atoms with van der Waals surface area (Å²) < 4.78 is 5.64. The number of fused-ring (bicyclic) bond motifs is 3. The lowest BCUT2D eigenvalue weighted by molar-refractivity contribution is 0.00576. The molecule has 2 saturated heterocycles. The molecule has 1 aromatic heterocycles. The van der Waals surface area contributed by atoms with Crippen LogP contribution in [0, 0.1) is 0 Å². The van der Waals surface area contributed by atoms with Gasteiger partial charge < -0.3 is 14.5 Å². The van der Waals surface area contributed by atoms with E-state index >= 15 is 0 Å². The second-order valence-electron chi connectivity index (χ2n) is 8.71. The molecular formula is C19H27ClN4O2. The number of amides is 1. The van der Waals surface area contributed by atoms with Crippen molar-refractivity contribution in [1.29, 1.82) is 0 Å². The van der Waals surface area contributed by atoms with Crippen molar-refractivity contribution in [2.45, 2.75) is 83.0 Å². The van der Waals surface area contributed by atoms with E-state index < -0.39 is 5.60 Å². The Balaban J connectivity index is 1.51. The van der Waals surface area contributed by atoms with E-state index in [1.54, 1.807) is 0 Å². The molecule has 0 aromatic carbocycles. The lowest BCUT2D eigenvalue weighted by Crippen LogP contribution is -2.54. The third-order valence-electron chi connectivity index (χ3n) is 5.69. The lowest BCUT2D eigenvalue weighted by Gasteiger charge is -2.45. The van der Waals surface area contributed by atoms with Crippen molar-refractivity contribution in [3.05, 3.63) is 16.8 Å². The first-order valence-corrected chi connectivity index (χ1v) is 9.99. The highest BCUT2D eigenvalue weighted by Gasteiger charge is 2.46. The Hall–Kier alpha value is -1.56. The highest BCUT2D eigenvalue weighted by Crippen LogP contribution is 2.40. The van der Waals surface area contributed by atoms with E-state index in [1.165, 1.54) is 5.56 Å². The topological polar surface area (TPSA) is 58.6 Å². The number of halogens is 1. The van der Waals surface area contributed by atoms with Crippen molar-refractivity contribution in [2.75, 3.05) is 11.4 Å². The molecule has 3 atom stereocenters. The number of carbonyl (C=O) groups excluding carboxylic acids is 1. The Morgan fingerprint density at radius 1 is 1.19 bits per heavy atom. The van der Waals surface area contributed by atoms with Crippen molar-refractivity contribution in [2.24, 2.45) is 0 Å². The van der Waals surface area contributed by atoms with Gasteiger partial charge in [-0.2, -0.15) is 0 Å². The minimum atomic E-state index is -0.450. The van der Waals surface area contributed by atoms with Gasteiger partial charge in [0.1, 0.15) is 5.60 Å². The van der Waals surface area contributed by atoms with E-state index in [2.05, 4.69) is 15.1 Å². The first kappa shape index (κ1) is 17.8. The highest BCUT2D eigenvalue weighted by molar-refractivity contribution is 6.29. The van der Waals surface area contributed by atoms with Crippen LogP contribution in [-0.2, 0) is 11.2 Å². The third kappa shape index (κ3) is 3.36. The molecule has 0 N–H and O–H groups in total. The Kier molecular flexibility index (Phi) is 4.49. The van der Waals surface area contributed by atoms with Crippen LogP contribution in [-0.4, -0.2) is 51.5 Å². The maximum Gasteiger partial charge on any atom is 0.410 e. The zero-order chi connectivity index (χ0) is 18.5. The van der Waals surface area contributed by atoms with Gasteiger partial charge in [-0.1, -0.05) is 11.6 Å². The van der Waals surface area contributed by atoms with Crippen LogP contribution in [0.3, 0.4) is 0 Å². The molecule has 1 unspecified atom stereocenters. The number of piperidine rings is 1. The molecule has 3 aliphatic rings. The monoisotopic (exact) mass is 378 g/mol. The van der Waals surface area contributed by atoms with Crippen molar-refractivity contribution < 1.29 is 9.53 Å². The molecule has 3 aliphatic heterocycles. The van der Waals surface area contributed by atoms with Crippen molar-refractivity contribution in [1.82, 2.24) is 15.1 Å². The number of anilines is 1. The van der Waals surface area contributed by atoms with Crippen LogP contribution in [0.4, 0.5) is 10.6 Å². The van der Waals surface area contributed by atoms with E-state index in [1.807, 2.05) is 31.7 Å². The SMILES string of the molecule is CC(C)(C)OC(=O)N1[C@@H]2CC[C@H]1CC(N1CCCc3cc(Cl)nnc31)C2. The van der Waals surface area contributed by atoms with Gasteiger partial charge in [0.25, 0.3) is 0 Å². The van der Waals surface area contributed by atoms with Gasteiger partial charge in [-0.15, -0.1) is 10.2 Å².